The molecule has 0 radical (unpaired) electrons. The largest absolute Gasteiger partial charge is 0.354 e. The van der Waals surface area contributed by atoms with Crippen LogP contribution in [0, 0.1) is 31.0 Å². The van der Waals surface area contributed by atoms with E-state index in [0.29, 0.717) is 27.1 Å². The van der Waals surface area contributed by atoms with Crippen molar-refractivity contribution in [2.75, 3.05) is 5.32 Å². The third kappa shape index (κ3) is 2.91. The number of anilines is 2. The Hall–Kier alpha value is -1.93. The molecule has 19 heavy (non-hydrogen) atoms. The third-order valence-corrected chi connectivity index (χ3v) is 3.25. The average Bonchev–Trinajstić information content (AvgIpc) is 2.33. The summed E-state index contributed by atoms with van der Waals surface area (Å²) < 4.78 is 13.5. The van der Waals surface area contributed by atoms with Gasteiger partial charge < -0.3 is 5.32 Å². The summed E-state index contributed by atoms with van der Waals surface area (Å²) >= 11 is 3.13. The van der Waals surface area contributed by atoms with E-state index in [2.05, 4.69) is 32.3 Å². The molecule has 0 amide bonds. The fourth-order valence-electron chi connectivity index (χ4n) is 1.80. The van der Waals surface area contributed by atoms with Gasteiger partial charge in [-0.2, -0.15) is 5.26 Å². The second-order valence-corrected chi connectivity index (χ2v) is 4.99. The summed E-state index contributed by atoms with van der Waals surface area (Å²) in [6.45, 7) is 3.65. The zero-order chi connectivity index (χ0) is 14.0. The first-order valence-electron chi connectivity index (χ1n) is 5.61. The Morgan fingerprint density at radius 3 is 2.68 bits per heavy atom. The smallest absolute Gasteiger partial charge is 0.137 e. The molecule has 1 N–H and O–H groups in total. The lowest BCUT2D eigenvalue weighted by Gasteiger charge is -2.11. The van der Waals surface area contributed by atoms with Crippen molar-refractivity contribution in [2.45, 2.75) is 13.8 Å². The molecule has 0 saturated carbocycles. The van der Waals surface area contributed by atoms with Crippen molar-refractivity contribution in [2.24, 2.45) is 0 Å². The highest BCUT2D eigenvalue weighted by Crippen LogP contribution is 2.26. The van der Waals surface area contributed by atoms with Crippen molar-refractivity contribution in [3.63, 3.8) is 0 Å². The van der Waals surface area contributed by atoms with Crippen LogP contribution in [0.4, 0.5) is 15.8 Å². The fraction of sp³-hybridized carbons (Fsp3) is 0.143. The predicted octanol–water partition coefficient (Wildman–Crippen LogP) is 4.22. The summed E-state index contributed by atoms with van der Waals surface area (Å²) in [4.78, 5) is 4.25. The normalized spacial score (nSPS) is 10.1. The average molecular weight is 320 g/mol. The van der Waals surface area contributed by atoms with Crippen molar-refractivity contribution < 1.29 is 4.39 Å². The van der Waals surface area contributed by atoms with Crippen LogP contribution in [-0.2, 0) is 0 Å². The second kappa shape index (κ2) is 5.37. The van der Waals surface area contributed by atoms with Gasteiger partial charge in [-0.1, -0.05) is 0 Å². The number of nitrogens with one attached hydrogen (secondary N) is 1. The third-order valence-electron chi connectivity index (χ3n) is 2.64. The molecule has 0 spiro atoms. The Labute approximate surface area is 119 Å². The van der Waals surface area contributed by atoms with Crippen LogP contribution in [0.15, 0.2) is 28.7 Å². The maximum Gasteiger partial charge on any atom is 0.137 e. The minimum atomic E-state index is -0.326. The highest BCUT2D eigenvalue weighted by molar-refractivity contribution is 9.10. The lowest BCUT2D eigenvalue weighted by Crippen LogP contribution is -1.99. The molecular weight excluding hydrogens is 309 g/mol. The number of hydrogen-bond acceptors (Lipinski definition) is 3. The molecule has 0 aliphatic carbocycles. The molecule has 0 atom stereocenters. The van der Waals surface area contributed by atoms with Gasteiger partial charge in [-0.15, -0.1) is 0 Å². The van der Waals surface area contributed by atoms with Crippen molar-refractivity contribution in [3.8, 4) is 6.07 Å². The van der Waals surface area contributed by atoms with Crippen molar-refractivity contribution in [1.82, 2.24) is 4.98 Å². The van der Waals surface area contributed by atoms with Gasteiger partial charge in [0.25, 0.3) is 0 Å². The highest BCUT2D eigenvalue weighted by atomic mass is 79.9. The number of pyridine rings is 1. The zero-order valence-electron chi connectivity index (χ0n) is 10.5. The first-order chi connectivity index (χ1) is 9.01. The topological polar surface area (TPSA) is 48.7 Å². The van der Waals surface area contributed by atoms with E-state index in [4.69, 9.17) is 5.26 Å². The Morgan fingerprint density at radius 2 is 2.05 bits per heavy atom. The van der Waals surface area contributed by atoms with Gasteiger partial charge in [-0.25, -0.2) is 4.39 Å². The molecule has 0 aliphatic rings. The predicted molar refractivity (Wildman–Crippen MR) is 75.8 cm³/mol. The van der Waals surface area contributed by atoms with Gasteiger partial charge in [0.15, 0.2) is 0 Å². The molecule has 1 aromatic carbocycles. The molecule has 3 nitrogen and oxygen atoms in total. The van der Waals surface area contributed by atoms with Crippen LogP contribution in [0.5, 0.6) is 0 Å². The Morgan fingerprint density at radius 1 is 1.32 bits per heavy atom. The van der Waals surface area contributed by atoms with Crippen LogP contribution in [0.3, 0.4) is 0 Å². The van der Waals surface area contributed by atoms with E-state index in [0.717, 1.165) is 5.69 Å². The Bertz CT molecular complexity index is 677. The minimum absolute atomic E-state index is 0.326. The van der Waals surface area contributed by atoms with E-state index in [1.807, 2.05) is 6.92 Å². The summed E-state index contributed by atoms with van der Waals surface area (Å²) in [5.74, 6) is -0.326. The molecule has 0 fully saturated rings. The van der Waals surface area contributed by atoms with E-state index >= 15 is 0 Å². The molecule has 0 unspecified atom stereocenters. The van der Waals surface area contributed by atoms with E-state index < -0.39 is 0 Å². The first kappa shape index (κ1) is 13.5. The quantitative estimate of drug-likeness (QED) is 0.901. The molecule has 0 bridgehead atoms. The maximum absolute atomic E-state index is 13.2. The van der Waals surface area contributed by atoms with Crippen LogP contribution in [0.1, 0.15) is 17.0 Å². The number of aromatic nitrogens is 1. The van der Waals surface area contributed by atoms with Gasteiger partial charge in [0.2, 0.25) is 0 Å². The van der Waals surface area contributed by atoms with Crippen LogP contribution < -0.4 is 5.32 Å². The number of halogens is 2. The molecule has 2 rings (SSSR count). The molecule has 1 heterocycles. The van der Waals surface area contributed by atoms with Gasteiger partial charge in [-0.3, -0.25) is 4.98 Å². The monoisotopic (exact) mass is 319 g/mol. The molecule has 1 aromatic heterocycles. The second-order valence-electron chi connectivity index (χ2n) is 4.14. The Balaban J connectivity index is 2.43. The number of benzene rings is 1. The van der Waals surface area contributed by atoms with Gasteiger partial charge in [0.1, 0.15) is 11.9 Å². The van der Waals surface area contributed by atoms with E-state index in [1.54, 1.807) is 25.1 Å². The maximum atomic E-state index is 13.2. The molecule has 2 aromatic rings. The molecule has 0 saturated heterocycles. The molecule has 5 heteroatoms. The summed E-state index contributed by atoms with van der Waals surface area (Å²) in [7, 11) is 0. The van der Waals surface area contributed by atoms with Crippen molar-refractivity contribution >= 4 is 27.3 Å². The molecular formula is C14H11BrFN3. The van der Waals surface area contributed by atoms with Gasteiger partial charge in [0.05, 0.1) is 21.4 Å². The van der Waals surface area contributed by atoms with Crippen LogP contribution >= 0.6 is 15.9 Å². The Kier molecular flexibility index (Phi) is 3.82. The SMILES string of the molecule is Cc1cc(Nc2ccc(F)c(Br)c2)c(C#N)c(C)n1. The standard InChI is InChI=1S/C14H11BrFN3/c1-8-5-14(11(7-17)9(2)18-8)19-10-3-4-13(16)12(15)6-10/h3-6H,1-2H3,(H,18,19). The van der Waals surface area contributed by atoms with Gasteiger partial charge in [0, 0.05) is 11.4 Å². The number of aryl methyl sites for hydroxylation is 2. The fourth-order valence-corrected chi connectivity index (χ4v) is 2.18. The lowest BCUT2D eigenvalue weighted by atomic mass is 10.1. The van der Waals surface area contributed by atoms with Gasteiger partial charge in [-0.05, 0) is 54.0 Å². The van der Waals surface area contributed by atoms with Crippen LogP contribution in [0.2, 0.25) is 0 Å². The summed E-state index contributed by atoms with van der Waals surface area (Å²) in [6, 6.07) is 8.53. The number of rotatable bonds is 2. The van der Waals surface area contributed by atoms with Crippen LogP contribution in [0.25, 0.3) is 0 Å². The van der Waals surface area contributed by atoms with Gasteiger partial charge >= 0.3 is 0 Å². The van der Waals surface area contributed by atoms with Crippen molar-refractivity contribution in [1.29, 1.82) is 5.26 Å². The molecule has 0 aliphatic heterocycles. The minimum Gasteiger partial charge on any atom is -0.354 e. The number of nitrogens with zero attached hydrogens (tertiary/aromatic N) is 2. The lowest BCUT2D eigenvalue weighted by molar-refractivity contribution is 0.621. The van der Waals surface area contributed by atoms with E-state index in [1.165, 1.54) is 6.07 Å². The summed E-state index contributed by atoms with van der Waals surface area (Å²) in [6.07, 6.45) is 0. The number of nitriles is 1. The zero-order valence-corrected chi connectivity index (χ0v) is 12.0. The van der Waals surface area contributed by atoms with E-state index in [-0.39, 0.29) is 5.82 Å². The first-order valence-corrected chi connectivity index (χ1v) is 6.41. The number of hydrogen-bond donors (Lipinski definition) is 1. The summed E-state index contributed by atoms with van der Waals surface area (Å²) in [5, 5.41) is 12.3. The van der Waals surface area contributed by atoms with Crippen LogP contribution in [-0.4, -0.2) is 4.98 Å². The molecule has 96 valence electrons. The van der Waals surface area contributed by atoms with E-state index in [9.17, 15) is 4.39 Å². The summed E-state index contributed by atoms with van der Waals surface area (Å²) in [5.41, 5.74) is 3.36. The highest BCUT2D eigenvalue weighted by Gasteiger charge is 2.09. The van der Waals surface area contributed by atoms with Crippen molar-refractivity contribution in [3.05, 3.63) is 51.5 Å².